The van der Waals surface area contributed by atoms with E-state index in [1.54, 1.807) is 12.1 Å². The Labute approximate surface area is 117 Å². The van der Waals surface area contributed by atoms with Crippen molar-refractivity contribution in [1.29, 1.82) is 0 Å². The second kappa shape index (κ2) is 6.04. The van der Waals surface area contributed by atoms with E-state index in [-0.39, 0.29) is 12.4 Å². The summed E-state index contributed by atoms with van der Waals surface area (Å²) in [5, 5.41) is 0.613. The molecular weight excluding hydrogens is 265 g/mol. The maximum Gasteiger partial charge on any atom is 0.124 e. The Balaban J connectivity index is 2.14. The van der Waals surface area contributed by atoms with Gasteiger partial charge in [-0.15, -0.1) is 0 Å². The second-order valence-corrected chi connectivity index (χ2v) is 4.81. The Morgan fingerprint density at radius 3 is 2.63 bits per heavy atom. The molecule has 0 amide bonds. The van der Waals surface area contributed by atoms with Crippen molar-refractivity contribution in [2.45, 2.75) is 20.1 Å². The van der Waals surface area contributed by atoms with E-state index in [2.05, 4.69) is 0 Å². The van der Waals surface area contributed by atoms with Gasteiger partial charge in [0.05, 0.1) is 0 Å². The van der Waals surface area contributed by atoms with Gasteiger partial charge in [-0.25, -0.2) is 4.39 Å². The molecule has 0 unspecified atom stereocenters. The Hall–Kier alpha value is -1.58. The van der Waals surface area contributed by atoms with Crippen LogP contribution in [0.4, 0.5) is 4.39 Å². The van der Waals surface area contributed by atoms with Crippen LogP contribution in [0.25, 0.3) is 0 Å². The van der Waals surface area contributed by atoms with Crippen LogP contribution in [0.5, 0.6) is 5.75 Å². The van der Waals surface area contributed by atoms with Crippen LogP contribution >= 0.6 is 11.6 Å². The average Bonchev–Trinajstić information content (AvgIpc) is 2.39. The zero-order valence-electron chi connectivity index (χ0n) is 10.6. The minimum absolute atomic E-state index is 0.284. The highest BCUT2D eigenvalue weighted by molar-refractivity contribution is 6.30. The van der Waals surface area contributed by atoms with Crippen molar-refractivity contribution in [3.63, 3.8) is 0 Å². The number of ether oxygens (including phenoxy) is 1. The lowest BCUT2D eigenvalue weighted by Gasteiger charge is -2.10. The number of halogens is 2. The van der Waals surface area contributed by atoms with E-state index in [0.717, 1.165) is 16.7 Å². The van der Waals surface area contributed by atoms with Crippen molar-refractivity contribution < 1.29 is 9.13 Å². The minimum atomic E-state index is -0.302. The Kier molecular flexibility index (Phi) is 4.40. The molecule has 0 atom stereocenters. The van der Waals surface area contributed by atoms with Gasteiger partial charge >= 0.3 is 0 Å². The van der Waals surface area contributed by atoms with E-state index < -0.39 is 0 Å². The van der Waals surface area contributed by atoms with Gasteiger partial charge in [0.2, 0.25) is 0 Å². The van der Waals surface area contributed by atoms with Gasteiger partial charge in [-0.3, -0.25) is 0 Å². The molecule has 0 aromatic heterocycles. The lowest BCUT2D eigenvalue weighted by molar-refractivity contribution is 0.303. The quantitative estimate of drug-likeness (QED) is 0.923. The van der Waals surface area contributed by atoms with E-state index in [4.69, 9.17) is 22.1 Å². The summed E-state index contributed by atoms with van der Waals surface area (Å²) in [4.78, 5) is 0. The van der Waals surface area contributed by atoms with Crippen molar-refractivity contribution in [1.82, 2.24) is 0 Å². The van der Waals surface area contributed by atoms with Gasteiger partial charge in [-0.1, -0.05) is 23.7 Å². The molecule has 0 spiro atoms. The number of rotatable bonds is 4. The van der Waals surface area contributed by atoms with Crippen LogP contribution < -0.4 is 10.5 Å². The van der Waals surface area contributed by atoms with Gasteiger partial charge in [0, 0.05) is 11.6 Å². The fourth-order valence-corrected chi connectivity index (χ4v) is 1.97. The van der Waals surface area contributed by atoms with E-state index in [1.807, 2.05) is 19.1 Å². The van der Waals surface area contributed by atoms with Crippen LogP contribution in [0.2, 0.25) is 5.02 Å². The highest BCUT2D eigenvalue weighted by Crippen LogP contribution is 2.23. The molecule has 0 aliphatic carbocycles. The minimum Gasteiger partial charge on any atom is -0.489 e. The molecule has 2 rings (SSSR count). The number of nitrogens with two attached hydrogens (primary N) is 1. The summed E-state index contributed by atoms with van der Waals surface area (Å²) < 4.78 is 19.0. The Bertz CT molecular complexity index is 586. The number of benzene rings is 2. The first-order valence-electron chi connectivity index (χ1n) is 5.96. The summed E-state index contributed by atoms with van der Waals surface area (Å²) in [7, 11) is 0. The lowest BCUT2D eigenvalue weighted by Crippen LogP contribution is -2.02. The van der Waals surface area contributed by atoms with E-state index in [9.17, 15) is 4.39 Å². The van der Waals surface area contributed by atoms with Crippen LogP contribution in [0.1, 0.15) is 16.7 Å². The molecular formula is C15H15ClFNO. The predicted molar refractivity (Wildman–Crippen MR) is 74.8 cm³/mol. The largest absolute Gasteiger partial charge is 0.489 e. The zero-order chi connectivity index (χ0) is 13.8. The molecule has 0 aliphatic heterocycles. The third-order valence-electron chi connectivity index (χ3n) is 2.80. The number of hydrogen-bond donors (Lipinski definition) is 1. The molecule has 2 nitrogen and oxygen atoms in total. The van der Waals surface area contributed by atoms with Crippen LogP contribution in [-0.2, 0) is 13.2 Å². The van der Waals surface area contributed by atoms with Crippen LogP contribution in [-0.4, -0.2) is 0 Å². The highest BCUT2D eigenvalue weighted by Gasteiger charge is 2.04. The molecule has 0 saturated heterocycles. The van der Waals surface area contributed by atoms with Crippen molar-refractivity contribution >= 4 is 11.6 Å². The molecule has 2 N–H and O–H groups in total. The first kappa shape index (κ1) is 13.8. The SMILES string of the molecule is Cc1ccc(Cl)cc1OCc1cc(F)cc(CN)c1. The molecule has 4 heteroatoms. The Morgan fingerprint density at radius 2 is 1.89 bits per heavy atom. The number of aryl methyl sites for hydroxylation is 1. The van der Waals surface area contributed by atoms with Gasteiger partial charge < -0.3 is 10.5 Å². The summed E-state index contributed by atoms with van der Waals surface area (Å²) in [6, 6.07) is 10.1. The smallest absolute Gasteiger partial charge is 0.124 e. The summed E-state index contributed by atoms with van der Waals surface area (Å²) in [5.41, 5.74) is 8.00. The molecule has 0 heterocycles. The molecule has 100 valence electrons. The topological polar surface area (TPSA) is 35.2 Å². The maximum atomic E-state index is 13.4. The van der Waals surface area contributed by atoms with Crippen LogP contribution in [0.15, 0.2) is 36.4 Å². The molecule has 2 aromatic rings. The Morgan fingerprint density at radius 1 is 1.16 bits per heavy atom. The highest BCUT2D eigenvalue weighted by atomic mass is 35.5. The van der Waals surface area contributed by atoms with Crippen molar-refractivity contribution in [2.75, 3.05) is 0 Å². The van der Waals surface area contributed by atoms with E-state index in [1.165, 1.54) is 12.1 Å². The van der Waals surface area contributed by atoms with Gasteiger partial charge in [0.15, 0.2) is 0 Å². The predicted octanol–water partition coefficient (Wildman–Crippen LogP) is 3.83. The fourth-order valence-electron chi connectivity index (χ4n) is 1.81. The van der Waals surface area contributed by atoms with Gasteiger partial charge in [0.1, 0.15) is 18.2 Å². The second-order valence-electron chi connectivity index (χ2n) is 4.37. The summed E-state index contributed by atoms with van der Waals surface area (Å²) in [5.74, 6) is 0.399. The van der Waals surface area contributed by atoms with Crippen molar-refractivity contribution in [3.8, 4) is 5.75 Å². The maximum absolute atomic E-state index is 13.4. The van der Waals surface area contributed by atoms with Crippen molar-refractivity contribution in [3.05, 3.63) is 63.9 Å². The molecule has 0 saturated carbocycles. The monoisotopic (exact) mass is 279 g/mol. The third-order valence-corrected chi connectivity index (χ3v) is 3.03. The first-order chi connectivity index (χ1) is 9.08. The first-order valence-corrected chi connectivity index (χ1v) is 6.33. The summed E-state index contributed by atoms with van der Waals surface area (Å²) in [6.45, 7) is 2.52. The summed E-state index contributed by atoms with van der Waals surface area (Å²) in [6.07, 6.45) is 0. The molecule has 19 heavy (non-hydrogen) atoms. The molecule has 0 aliphatic rings. The molecule has 0 bridgehead atoms. The third kappa shape index (κ3) is 3.69. The van der Waals surface area contributed by atoms with Crippen LogP contribution in [0, 0.1) is 12.7 Å². The van der Waals surface area contributed by atoms with Gasteiger partial charge in [-0.2, -0.15) is 0 Å². The lowest BCUT2D eigenvalue weighted by atomic mass is 10.1. The molecule has 0 radical (unpaired) electrons. The molecule has 0 fully saturated rings. The molecule has 2 aromatic carbocycles. The summed E-state index contributed by atoms with van der Waals surface area (Å²) >= 11 is 5.91. The average molecular weight is 280 g/mol. The number of hydrogen-bond acceptors (Lipinski definition) is 2. The van der Waals surface area contributed by atoms with Crippen molar-refractivity contribution in [2.24, 2.45) is 5.73 Å². The van der Waals surface area contributed by atoms with Crippen LogP contribution in [0.3, 0.4) is 0 Å². The fraction of sp³-hybridized carbons (Fsp3) is 0.200. The van der Waals surface area contributed by atoms with Gasteiger partial charge in [0.25, 0.3) is 0 Å². The zero-order valence-corrected chi connectivity index (χ0v) is 11.4. The van der Waals surface area contributed by atoms with E-state index >= 15 is 0 Å². The standard InChI is InChI=1S/C15H15ClFNO/c1-10-2-3-13(16)7-15(10)19-9-12-4-11(8-18)5-14(17)6-12/h2-7H,8-9,18H2,1H3. The van der Waals surface area contributed by atoms with Gasteiger partial charge in [-0.05, 0) is 47.9 Å². The normalized spacial score (nSPS) is 10.5. The van der Waals surface area contributed by atoms with E-state index in [0.29, 0.717) is 17.3 Å².